The summed E-state index contributed by atoms with van der Waals surface area (Å²) in [5.41, 5.74) is -1.15. The molecule has 1 aliphatic carbocycles. The zero-order chi connectivity index (χ0) is 23.4. The molecule has 1 saturated heterocycles. The molecule has 2 fully saturated rings. The minimum absolute atomic E-state index is 0.0127. The lowest BCUT2D eigenvalue weighted by Gasteiger charge is -2.49. The van der Waals surface area contributed by atoms with Crippen molar-refractivity contribution in [1.29, 1.82) is 0 Å². The SMILES string of the molecule is CCCS(=O)(=O)N1CCN(C2(CNC(=O)c3cccc(C(F)(F)F)c3)CCCCC2)CC1. The van der Waals surface area contributed by atoms with Gasteiger partial charge in [-0.25, -0.2) is 8.42 Å². The fourth-order valence-corrected chi connectivity index (χ4v) is 6.32. The number of carbonyl (C=O) groups is 1. The van der Waals surface area contributed by atoms with Crippen LogP contribution in [0.4, 0.5) is 13.2 Å². The zero-order valence-corrected chi connectivity index (χ0v) is 19.3. The first-order chi connectivity index (χ1) is 15.1. The second kappa shape index (κ2) is 10.1. The van der Waals surface area contributed by atoms with Gasteiger partial charge in [0.1, 0.15) is 0 Å². The van der Waals surface area contributed by atoms with Gasteiger partial charge in [-0.05, 0) is 37.5 Å². The van der Waals surface area contributed by atoms with Gasteiger partial charge in [0, 0.05) is 43.8 Å². The third kappa shape index (κ3) is 5.82. The Kier molecular flexibility index (Phi) is 7.88. The van der Waals surface area contributed by atoms with Crippen molar-refractivity contribution in [2.24, 2.45) is 0 Å². The summed E-state index contributed by atoms with van der Waals surface area (Å²) >= 11 is 0. The van der Waals surface area contributed by atoms with Crippen LogP contribution in [0, 0.1) is 0 Å². The first kappa shape index (κ1) is 25.0. The molecule has 0 unspecified atom stereocenters. The number of rotatable bonds is 7. The lowest BCUT2D eigenvalue weighted by molar-refractivity contribution is -0.137. The topological polar surface area (TPSA) is 69.7 Å². The molecule has 6 nitrogen and oxygen atoms in total. The number of benzene rings is 1. The number of carbonyl (C=O) groups excluding carboxylic acids is 1. The highest BCUT2D eigenvalue weighted by molar-refractivity contribution is 7.89. The van der Waals surface area contributed by atoms with Gasteiger partial charge in [-0.1, -0.05) is 32.3 Å². The number of hydrogen-bond donors (Lipinski definition) is 1. The van der Waals surface area contributed by atoms with Gasteiger partial charge in [-0.15, -0.1) is 0 Å². The quantitative estimate of drug-likeness (QED) is 0.656. The molecule has 10 heteroatoms. The third-order valence-corrected chi connectivity index (χ3v) is 8.66. The fourth-order valence-electron chi connectivity index (χ4n) is 4.83. The van der Waals surface area contributed by atoms with Crippen LogP contribution in [0.25, 0.3) is 0 Å². The molecule has 1 N–H and O–H groups in total. The molecule has 0 radical (unpaired) electrons. The predicted molar refractivity (Wildman–Crippen MR) is 117 cm³/mol. The fraction of sp³-hybridized carbons (Fsp3) is 0.682. The Labute approximate surface area is 188 Å². The number of sulfonamides is 1. The largest absolute Gasteiger partial charge is 0.416 e. The van der Waals surface area contributed by atoms with E-state index in [1.54, 1.807) is 4.31 Å². The van der Waals surface area contributed by atoms with E-state index >= 15 is 0 Å². The molecule has 180 valence electrons. The van der Waals surface area contributed by atoms with E-state index in [1.165, 1.54) is 12.1 Å². The molecule has 3 rings (SSSR count). The number of nitrogens with zero attached hydrogens (tertiary/aromatic N) is 2. The van der Waals surface area contributed by atoms with Gasteiger partial charge in [0.2, 0.25) is 10.0 Å². The normalized spacial score (nSPS) is 20.8. The van der Waals surface area contributed by atoms with Gasteiger partial charge in [0.05, 0.1) is 11.3 Å². The second-order valence-corrected chi connectivity index (χ2v) is 10.8. The standard InChI is InChI=1S/C22H32F3N3O3S/c1-2-15-32(30,31)28-13-11-27(12-14-28)21(9-4-3-5-10-21)17-26-20(29)18-7-6-8-19(16-18)22(23,24)25/h6-8,16H,2-5,9-15,17H2,1H3,(H,26,29). The summed E-state index contributed by atoms with van der Waals surface area (Å²) in [4.78, 5) is 14.9. The minimum atomic E-state index is -4.50. The number of nitrogens with one attached hydrogen (secondary N) is 1. The second-order valence-electron chi connectivity index (χ2n) is 8.75. The zero-order valence-electron chi connectivity index (χ0n) is 18.5. The molecule has 2 aliphatic rings. The lowest BCUT2D eigenvalue weighted by Crippen LogP contribution is -2.62. The Morgan fingerprint density at radius 1 is 1.09 bits per heavy atom. The summed E-state index contributed by atoms with van der Waals surface area (Å²) in [6.45, 7) is 4.20. The molecule has 1 saturated carbocycles. The number of hydrogen-bond acceptors (Lipinski definition) is 4. The number of piperazine rings is 1. The Morgan fingerprint density at radius 2 is 1.75 bits per heavy atom. The van der Waals surface area contributed by atoms with E-state index in [-0.39, 0.29) is 16.9 Å². The van der Waals surface area contributed by atoms with Crippen LogP contribution in [-0.4, -0.2) is 67.5 Å². The molecule has 1 amide bonds. The summed E-state index contributed by atoms with van der Waals surface area (Å²) in [7, 11) is -3.24. The minimum Gasteiger partial charge on any atom is -0.350 e. The molecule has 0 atom stereocenters. The average Bonchev–Trinajstić information content (AvgIpc) is 2.78. The number of amides is 1. The van der Waals surface area contributed by atoms with Gasteiger partial charge >= 0.3 is 6.18 Å². The molecule has 0 spiro atoms. The highest BCUT2D eigenvalue weighted by Crippen LogP contribution is 2.34. The van der Waals surface area contributed by atoms with Crippen molar-refractivity contribution in [2.45, 2.75) is 57.2 Å². The average molecular weight is 476 g/mol. The lowest BCUT2D eigenvalue weighted by atomic mass is 9.79. The third-order valence-electron chi connectivity index (χ3n) is 6.58. The van der Waals surface area contributed by atoms with Crippen molar-refractivity contribution in [3.63, 3.8) is 0 Å². The Morgan fingerprint density at radius 3 is 2.34 bits per heavy atom. The van der Waals surface area contributed by atoms with E-state index in [4.69, 9.17) is 0 Å². The Hall–Kier alpha value is -1.65. The van der Waals surface area contributed by atoms with Crippen molar-refractivity contribution in [1.82, 2.24) is 14.5 Å². The van der Waals surface area contributed by atoms with Crippen LogP contribution in [0.15, 0.2) is 24.3 Å². The van der Waals surface area contributed by atoms with Gasteiger partial charge in [-0.3, -0.25) is 9.69 Å². The number of alkyl halides is 3. The van der Waals surface area contributed by atoms with Crippen molar-refractivity contribution in [2.75, 3.05) is 38.5 Å². The van der Waals surface area contributed by atoms with E-state index < -0.39 is 27.7 Å². The van der Waals surface area contributed by atoms with E-state index in [0.717, 1.165) is 44.2 Å². The highest BCUT2D eigenvalue weighted by Gasteiger charge is 2.41. The molecule has 0 bridgehead atoms. The van der Waals surface area contributed by atoms with Crippen LogP contribution in [0.3, 0.4) is 0 Å². The monoisotopic (exact) mass is 475 g/mol. The summed E-state index contributed by atoms with van der Waals surface area (Å²) in [6, 6.07) is 4.45. The van der Waals surface area contributed by atoms with E-state index in [1.807, 2.05) is 6.92 Å². The van der Waals surface area contributed by atoms with Gasteiger partial charge < -0.3 is 5.32 Å². The summed E-state index contributed by atoms with van der Waals surface area (Å²) < 4.78 is 65.3. The maximum Gasteiger partial charge on any atom is 0.416 e. The Balaban J connectivity index is 1.68. The summed E-state index contributed by atoms with van der Waals surface area (Å²) in [6.07, 6.45) is 0.942. The molecule has 0 aromatic heterocycles. The number of halogens is 3. The van der Waals surface area contributed by atoms with Gasteiger partial charge in [0.25, 0.3) is 5.91 Å². The van der Waals surface area contributed by atoms with Crippen molar-refractivity contribution >= 4 is 15.9 Å². The highest BCUT2D eigenvalue weighted by atomic mass is 32.2. The van der Waals surface area contributed by atoms with Crippen molar-refractivity contribution in [3.8, 4) is 0 Å². The summed E-state index contributed by atoms with van der Waals surface area (Å²) in [5, 5.41) is 2.87. The van der Waals surface area contributed by atoms with E-state index in [9.17, 15) is 26.4 Å². The first-order valence-corrected chi connectivity index (χ1v) is 12.9. The molecule has 1 aromatic carbocycles. The van der Waals surface area contributed by atoms with E-state index in [2.05, 4.69) is 10.2 Å². The van der Waals surface area contributed by atoms with Crippen LogP contribution in [0.2, 0.25) is 0 Å². The van der Waals surface area contributed by atoms with Crippen LogP contribution in [0.1, 0.15) is 61.4 Å². The van der Waals surface area contributed by atoms with E-state index in [0.29, 0.717) is 39.1 Å². The van der Waals surface area contributed by atoms with Crippen LogP contribution in [0.5, 0.6) is 0 Å². The predicted octanol–water partition coefficient (Wildman–Crippen LogP) is 3.50. The maximum absolute atomic E-state index is 13.0. The van der Waals surface area contributed by atoms with Crippen LogP contribution < -0.4 is 5.32 Å². The molecule has 1 heterocycles. The summed E-state index contributed by atoms with van der Waals surface area (Å²) in [5.74, 6) is -0.379. The van der Waals surface area contributed by atoms with Crippen LogP contribution >= 0.6 is 0 Å². The maximum atomic E-state index is 13.0. The van der Waals surface area contributed by atoms with Crippen molar-refractivity contribution < 1.29 is 26.4 Å². The van der Waals surface area contributed by atoms with Crippen molar-refractivity contribution in [3.05, 3.63) is 35.4 Å². The van der Waals surface area contributed by atoms with Crippen LogP contribution in [-0.2, 0) is 16.2 Å². The van der Waals surface area contributed by atoms with Gasteiger partial charge in [0.15, 0.2) is 0 Å². The molecule has 32 heavy (non-hydrogen) atoms. The van der Waals surface area contributed by atoms with Gasteiger partial charge in [-0.2, -0.15) is 17.5 Å². The molecule has 1 aliphatic heterocycles. The molecular weight excluding hydrogens is 443 g/mol. The molecular formula is C22H32F3N3O3S. The Bertz CT molecular complexity index is 891. The molecule has 1 aromatic rings. The smallest absolute Gasteiger partial charge is 0.350 e. The first-order valence-electron chi connectivity index (χ1n) is 11.3.